The summed E-state index contributed by atoms with van der Waals surface area (Å²) < 4.78 is 39.2. The van der Waals surface area contributed by atoms with E-state index in [2.05, 4.69) is 20.5 Å². The van der Waals surface area contributed by atoms with Crippen LogP contribution in [0.2, 0.25) is 0 Å². The second kappa shape index (κ2) is 6.10. The van der Waals surface area contributed by atoms with Crippen molar-refractivity contribution in [2.75, 3.05) is 25.5 Å². The average molecular weight is 340 g/mol. The van der Waals surface area contributed by atoms with Gasteiger partial charge in [-0.25, -0.2) is 4.98 Å². The Bertz CT molecular complexity index is 740. The number of halogens is 3. The molecule has 0 atom stereocenters. The molecule has 0 saturated carbocycles. The lowest BCUT2D eigenvalue weighted by atomic mass is 10.3. The molecular formula is C14H15F3N6O. The zero-order valence-electron chi connectivity index (χ0n) is 12.8. The minimum absolute atomic E-state index is 0.169. The van der Waals surface area contributed by atoms with Crippen molar-refractivity contribution in [2.24, 2.45) is 0 Å². The fourth-order valence-electron chi connectivity index (χ4n) is 2.40. The summed E-state index contributed by atoms with van der Waals surface area (Å²) in [6.45, 7) is 1.63. The third-order valence-corrected chi connectivity index (χ3v) is 3.77. The number of rotatable bonds is 4. The van der Waals surface area contributed by atoms with Crippen LogP contribution in [0.3, 0.4) is 0 Å². The lowest BCUT2D eigenvalue weighted by Crippen LogP contribution is -2.38. The van der Waals surface area contributed by atoms with Gasteiger partial charge in [0, 0.05) is 39.3 Å². The van der Waals surface area contributed by atoms with Crippen LogP contribution in [0.25, 0.3) is 0 Å². The topological polar surface area (TPSA) is 75.9 Å². The molecule has 0 radical (unpaired) electrons. The quantitative estimate of drug-likeness (QED) is 0.911. The Hall–Kier alpha value is -2.65. The number of hydrogen-bond acceptors (Lipinski definition) is 5. The molecule has 3 heterocycles. The first-order chi connectivity index (χ1) is 11.4. The molecule has 1 aliphatic rings. The standard InChI is InChI=1S/C14H15F3N6O/c1-22-6-7-23-11(20-21-12(23)13(22)24)4-5-18-10-3-2-9(8-19-10)14(15,16)17/h2-3,8H,4-7H2,1H3,(H,18,19). The molecule has 0 aromatic carbocycles. The highest BCUT2D eigenvalue weighted by Gasteiger charge is 2.30. The fourth-order valence-corrected chi connectivity index (χ4v) is 2.40. The highest BCUT2D eigenvalue weighted by atomic mass is 19.4. The van der Waals surface area contributed by atoms with Crippen molar-refractivity contribution in [2.45, 2.75) is 19.1 Å². The monoisotopic (exact) mass is 340 g/mol. The normalized spacial score (nSPS) is 14.7. The predicted molar refractivity (Wildman–Crippen MR) is 78.4 cm³/mol. The minimum atomic E-state index is -4.40. The van der Waals surface area contributed by atoms with Gasteiger partial charge in [0.1, 0.15) is 11.6 Å². The molecule has 10 heteroatoms. The highest BCUT2D eigenvalue weighted by molar-refractivity contribution is 5.91. The van der Waals surface area contributed by atoms with Crippen molar-refractivity contribution in [1.29, 1.82) is 0 Å². The van der Waals surface area contributed by atoms with Crippen LogP contribution in [0.1, 0.15) is 22.0 Å². The molecule has 1 N–H and O–H groups in total. The molecule has 7 nitrogen and oxygen atoms in total. The minimum Gasteiger partial charge on any atom is -0.370 e. The van der Waals surface area contributed by atoms with E-state index in [0.29, 0.717) is 43.5 Å². The van der Waals surface area contributed by atoms with Crippen molar-refractivity contribution in [3.05, 3.63) is 35.5 Å². The molecule has 0 spiro atoms. The molecule has 24 heavy (non-hydrogen) atoms. The molecule has 3 rings (SSSR count). The molecule has 2 aromatic rings. The van der Waals surface area contributed by atoms with Crippen molar-refractivity contribution in [1.82, 2.24) is 24.6 Å². The maximum atomic E-state index is 12.5. The summed E-state index contributed by atoms with van der Waals surface area (Å²) in [4.78, 5) is 17.2. The first-order valence-corrected chi connectivity index (χ1v) is 7.31. The summed E-state index contributed by atoms with van der Waals surface area (Å²) in [6, 6.07) is 2.25. The summed E-state index contributed by atoms with van der Waals surface area (Å²) in [7, 11) is 1.71. The Balaban J connectivity index is 1.60. The van der Waals surface area contributed by atoms with Gasteiger partial charge in [-0.15, -0.1) is 10.2 Å². The van der Waals surface area contributed by atoms with Crippen LogP contribution in [0.5, 0.6) is 0 Å². The number of carbonyl (C=O) groups excluding carboxylic acids is 1. The number of likely N-dealkylation sites (N-methyl/N-ethyl adjacent to an activating group) is 1. The Morgan fingerprint density at radius 2 is 2.04 bits per heavy atom. The number of nitrogens with one attached hydrogen (secondary N) is 1. The maximum Gasteiger partial charge on any atom is 0.417 e. The van der Waals surface area contributed by atoms with E-state index in [9.17, 15) is 18.0 Å². The van der Waals surface area contributed by atoms with Gasteiger partial charge in [0.25, 0.3) is 5.91 Å². The number of amides is 1. The molecule has 1 amide bonds. The molecule has 1 aliphatic heterocycles. The van der Waals surface area contributed by atoms with E-state index in [1.54, 1.807) is 16.5 Å². The van der Waals surface area contributed by atoms with Crippen LogP contribution in [-0.4, -0.2) is 50.7 Å². The molecule has 0 aliphatic carbocycles. The number of anilines is 1. The number of nitrogens with zero attached hydrogens (tertiary/aromatic N) is 5. The molecule has 0 fully saturated rings. The van der Waals surface area contributed by atoms with E-state index in [-0.39, 0.29) is 5.91 Å². The van der Waals surface area contributed by atoms with E-state index >= 15 is 0 Å². The van der Waals surface area contributed by atoms with Crippen molar-refractivity contribution >= 4 is 11.7 Å². The van der Waals surface area contributed by atoms with Gasteiger partial charge in [-0.05, 0) is 12.1 Å². The molecule has 0 unspecified atom stereocenters. The predicted octanol–water partition coefficient (Wildman–Crippen LogP) is 1.43. The van der Waals surface area contributed by atoms with Crippen LogP contribution in [-0.2, 0) is 19.1 Å². The third kappa shape index (κ3) is 3.17. The van der Waals surface area contributed by atoms with Crippen molar-refractivity contribution < 1.29 is 18.0 Å². The van der Waals surface area contributed by atoms with E-state index in [1.807, 2.05) is 0 Å². The second-order valence-corrected chi connectivity index (χ2v) is 5.42. The van der Waals surface area contributed by atoms with Gasteiger partial charge in [-0.3, -0.25) is 4.79 Å². The van der Waals surface area contributed by atoms with Crippen LogP contribution in [0, 0.1) is 0 Å². The molecule has 0 bridgehead atoms. The lowest BCUT2D eigenvalue weighted by molar-refractivity contribution is -0.137. The van der Waals surface area contributed by atoms with Crippen LogP contribution in [0.15, 0.2) is 18.3 Å². The zero-order valence-corrected chi connectivity index (χ0v) is 12.8. The van der Waals surface area contributed by atoms with Crippen LogP contribution in [0.4, 0.5) is 19.0 Å². The van der Waals surface area contributed by atoms with E-state index < -0.39 is 11.7 Å². The summed E-state index contributed by atoms with van der Waals surface area (Å²) in [6.07, 6.45) is -3.13. The highest BCUT2D eigenvalue weighted by Crippen LogP contribution is 2.28. The Labute approximate surface area is 135 Å². The van der Waals surface area contributed by atoms with Gasteiger partial charge >= 0.3 is 6.18 Å². The van der Waals surface area contributed by atoms with Crippen LogP contribution >= 0.6 is 0 Å². The molecule has 2 aromatic heterocycles. The average Bonchev–Trinajstić information content (AvgIpc) is 2.94. The summed E-state index contributed by atoms with van der Waals surface area (Å²) >= 11 is 0. The first-order valence-electron chi connectivity index (χ1n) is 7.31. The van der Waals surface area contributed by atoms with Crippen molar-refractivity contribution in [3.8, 4) is 0 Å². The number of pyridine rings is 1. The van der Waals surface area contributed by atoms with Gasteiger partial charge in [0.2, 0.25) is 5.82 Å². The number of fused-ring (bicyclic) bond motifs is 1. The fraction of sp³-hybridized carbons (Fsp3) is 0.429. The van der Waals surface area contributed by atoms with Gasteiger partial charge < -0.3 is 14.8 Å². The van der Waals surface area contributed by atoms with Gasteiger partial charge in [-0.1, -0.05) is 0 Å². The lowest BCUT2D eigenvalue weighted by Gasteiger charge is -2.23. The second-order valence-electron chi connectivity index (χ2n) is 5.42. The molecular weight excluding hydrogens is 325 g/mol. The SMILES string of the molecule is CN1CCn2c(CCNc3ccc(C(F)(F)F)cn3)nnc2C1=O. The largest absolute Gasteiger partial charge is 0.417 e. The Morgan fingerprint density at radius 1 is 1.25 bits per heavy atom. The number of aromatic nitrogens is 4. The smallest absolute Gasteiger partial charge is 0.370 e. The maximum absolute atomic E-state index is 12.5. The first kappa shape index (κ1) is 16.2. The third-order valence-electron chi connectivity index (χ3n) is 3.77. The number of carbonyl (C=O) groups is 1. The van der Waals surface area contributed by atoms with E-state index in [0.717, 1.165) is 12.3 Å². The van der Waals surface area contributed by atoms with Gasteiger partial charge in [0.05, 0.1) is 5.56 Å². The summed E-state index contributed by atoms with van der Waals surface area (Å²) in [5.74, 6) is 1.15. The van der Waals surface area contributed by atoms with Gasteiger partial charge in [0.15, 0.2) is 0 Å². The molecule has 0 saturated heterocycles. The Morgan fingerprint density at radius 3 is 2.71 bits per heavy atom. The summed E-state index contributed by atoms with van der Waals surface area (Å²) in [5, 5.41) is 10.9. The van der Waals surface area contributed by atoms with Crippen molar-refractivity contribution in [3.63, 3.8) is 0 Å². The van der Waals surface area contributed by atoms with E-state index in [4.69, 9.17) is 0 Å². The Kier molecular flexibility index (Phi) is 4.12. The number of alkyl halides is 3. The van der Waals surface area contributed by atoms with Gasteiger partial charge in [-0.2, -0.15) is 13.2 Å². The van der Waals surface area contributed by atoms with E-state index in [1.165, 1.54) is 6.07 Å². The molecule has 128 valence electrons. The summed E-state index contributed by atoms with van der Waals surface area (Å²) in [5.41, 5.74) is -0.790. The zero-order chi connectivity index (χ0) is 17.3. The van der Waals surface area contributed by atoms with Crippen LogP contribution < -0.4 is 5.32 Å². The number of hydrogen-bond donors (Lipinski definition) is 1.